The minimum Gasteiger partial charge on any atom is -0.308 e. The minimum atomic E-state index is -0.159. The van der Waals surface area contributed by atoms with Gasteiger partial charge in [-0.05, 0) is 50.8 Å². The maximum Gasteiger partial charge on any atom is 0.260 e. The van der Waals surface area contributed by atoms with Crippen molar-refractivity contribution in [1.82, 2.24) is 9.88 Å². The topological polar surface area (TPSA) is 36.4 Å². The third-order valence-corrected chi connectivity index (χ3v) is 5.45. The van der Waals surface area contributed by atoms with E-state index in [0.717, 1.165) is 22.3 Å². The number of amides is 1. The zero-order chi connectivity index (χ0) is 18.8. The van der Waals surface area contributed by atoms with Crippen molar-refractivity contribution >= 4 is 68.2 Å². The smallest absolute Gasteiger partial charge is 0.260 e. The summed E-state index contributed by atoms with van der Waals surface area (Å²) in [7, 11) is 3.95. The van der Waals surface area contributed by atoms with Crippen LogP contribution in [0.4, 0.5) is 5.13 Å². The van der Waals surface area contributed by atoms with Crippen molar-refractivity contribution in [1.29, 1.82) is 0 Å². The number of para-hydroxylation sites is 1. The molecular weight excluding hydrogens is 425 g/mol. The second-order valence-corrected chi connectivity index (χ2v) is 8.22. The largest absolute Gasteiger partial charge is 0.308 e. The van der Waals surface area contributed by atoms with E-state index in [1.807, 2.05) is 44.1 Å². The molecule has 0 N–H and O–H groups in total. The van der Waals surface area contributed by atoms with Crippen molar-refractivity contribution in [3.63, 3.8) is 0 Å². The molecule has 0 radical (unpaired) electrons. The van der Waals surface area contributed by atoms with Gasteiger partial charge in [0.15, 0.2) is 5.13 Å². The minimum absolute atomic E-state index is 0. The van der Waals surface area contributed by atoms with E-state index in [4.69, 9.17) is 28.2 Å². The first-order valence-electron chi connectivity index (χ1n) is 8.14. The van der Waals surface area contributed by atoms with Crippen LogP contribution in [0.2, 0.25) is 10.0 Å². The first-order valence-corrected chi connectivity index (χ1v) is 9.71. The summed E-state index contributed by atoms with van der Waals surface area (Å²) in [6.07, 6.45) is 0. The molecule has 3 aromatic rings. The highest BCUT2D eigenvalue weighted by atomic mass is 35.5. The molecule has 1 amide bonds. The van der Waals surface area contributed by atoms with Crippen molar-refractivity contribution < 1.29 is 4.79 Å². The average Bonchev–Trinajstić information content (AvgIpc) is 2.99. The third-order valence-electron chi connectivity index (χ3n) is 3.97. The van der Waals surface area contributed by atoms with Crippen LogP contribution in [-0.2, 0) is 0 Å². The van der Waals surface area contributed by atoms with Crippen LogP contribution >= 0.6 is 46.9 Å². The van der Waals surface area contributed by atoms with Gasteiger partial charge in [-0.2, -0.15) is 0 Å². The molecule has 8 heteroatoms. The number of halogens is 3. The summed E-state index contributed by atoms with van der Waals surface area (Å²) < 4.78 is 1.06. The monoisotopic (exact) mass is 443 g/mol. The fraction of sp³-hybridized carbons (Fsp3) is 0.263. The quantitative estimate of drug-likeness (QED) is 0.518. The van der Waals surface area contributed by atoms with Gasteiger partial charge in [0.2, 0.25) is 0 Å². The van der Waals surface area contributed by atoms with E-state index in [1.54, 1.807) is 23.1 Å². The molecule has 1 aromatic heterocycles. The lowest BCUT2D eigenvalue weighted by Crippen LogP contribution is -2.36. The number of aromatic nitrogens is 1. The fourth-order valence-corrected chi connectivity index (χ4v) is 4.20. The van der Waals surface area contributed by atoms with E-state index in [9.17, 15) is 4.79 Å². The summed E-state index contributed by atoms with van der Waals surface area (Å²) >= 11 is 13.7. The summed E-state index contributed by atoms with van der Waals surface area (Å²) in [5, 5.41) is 1.55. The molecule has 144 valence electrons. The van der Waals surface area contributed by atoms with Gasteiger partial charge >= 0.3 is 0 Å². The van der Waals surface area contributed by atoms with Crippen molar-refractivity contribution in [2.45, 2.75) is 6.92 Å². The summed E-state index contributed by atoms with van der Waals surface area (Å²) in [6, 6.07) is 10.9. The van der Waals surface area contributed by atoms with Crippen LogP contribution in [0.5, 0.6) is 0 Å². The Morgan fingerprint density at radius 3 is 2.37 bits per heavy atom. The SMILES string of the molecule is Cc1cccc2sc(N(CCN(C)C)C(=O)c3cc(Cl)cc(Cl)c3)nc12.Cl. The number of hydrogen-bond donors (Lipinski definition) is 0. The molecule has 0 fully saturated rings. The molecule has 0 saturated carbocycles. The van der Waals surface area contributed by atoms with Crippen LogP contribution in [0.3, 0.4) is 0 Å². The molecule has 3 rings (SSSR count). The Morgan fingerprint density at radius 1 is 1.11 bits per heavy atom. The van der Waals surface area contributed by atoms with Gasteiger partial charge in [-0.1, -0.05) is 46.7 Å². The number of carbonyl (C=O) groups is 1. The Hall–Kier alpha value is -1.37. The summed E-state index contributed by atoms with van der Waals surface area (Å²) in [5.74, 6) is -0.159. The lowest BCUT2D eigenvalue weighted by Gasteiger charge is -2.22. The van der Waals surface area contributed by atoms with Gasteiger partial charge in [0.1, 0.15) is 0 Å². The van der Waals surface area contributed by atoms with E-state index < -0.39 is 0 Å². The van der Waals surface area contributed by atoms with E-state index >= 15 is 0 Å². The molecule has 0 saturated heterocycles. The van der Waals surface area contributed by atoms with Crippen LogP contribution in [0.25, 0.3) is 10.2 Å². The van der Waals surface area contributed by atoms with E-state index in [2.05, 4.69) is 0 Å². The Balaban J connectivity index is 0.00000261. The Labute approximate surface area is 179 Å². The molecule has 0 aliphatic carbocycles. The van der Waals surface area contributed by atoms with Crippen LogP contribution in [-0.4, -0.2) is 43.0 Å². The molecular formula is C19H20Cl3N3OS. The number of fused-ring (bicyclic) bond motifs is 1. The maximum atomic E-state index is 13.2. The van der Waals surface area contributed by atoms with Crippen LogP contribution in [0.15, 0.2) is 36.4 Å². The van der Waals surface area contributed by atoms with Crippen molar-refractivity contribution in [3.05, 3.63) is 57.6 Å². The summed E-state index contributed by atoms with van der Waals surface area (Å²) in [5.41, 5.74) is 2.48. The number of anilines is 1. The number of likely N-dealkylation sites (N-methyl/N-ethyl adjacent to an activating group) is 1. The average molecular weight is 445 g/mol. The zero-order valence-corrected chi connectivity index (χ0v) is 18.3. The molecule has 0 aliphatic rings. The first kappa shape index (κ1) is 21.9. The summed E-state index contributed by atoms with van der Waals surface area (Å²) in [6.45, 7) is 3.26. The number of thiazole rings is 1. The zero-order valence-electron chi connectivity index (χ0n) is 15.2. The number of rotatable bonds is 5. The highest BCUT2D eigenvalue weighted by Crippen LogP contribution is 2.32. The van der Waals surface area contributed by atoms with Gasteiger partial charge in [-0.15, -0.1) is 12.4 Å². The predicted octanol–water partition coefficient (Wildman–Crippen LogP) is 5.54. The van der Waals surface area contributed by atoms with Crippen molar-refractivity contribution in [2.75, 3.05) is 32.1 Å². The maximum absolute atomic E-state index is 13.2. The van der Waals surface area contributed by atoms with Crippen LogP contribution in [0.1, 0.15) is 15.9 Å². The lowest BCUT2D eigenvalue weighted by atomic mass is 10.2. The molecule has 0 bridgehead atoms. The van der Waals surface area contributed by atoms with Crippen LogP contribution in [0, 0.1) is 6.92 Å². The Kier molecular flexibility index (Phi) is 7.48. The molecule has 4 nitrogen and oxygen atoms in total. The molecule has 27 heavy (non-hydrogen) atoms. The highest BCUT2D eigenvalue weighted by molar-refractivity contribution is 7.22. The highest BCUT2D eigenvalue weighted by Gasteiger charge is 2.22. The van der Waals surface area contributed by atoms with Gasteiger partial charge in [0.25, 0.3) is 5.91 Å². The van der Waals surface area contributed by atoms with Gasteiger partial charge in [-0.25, -0.2) is 4.98 Å². The summed E-state index contributed by atoms with van der Waals surface area (Å²) in [4.78, 5) is 21.6. The Bertz CT molecular complexity index is 938. The number of benzene rings is 2. The third kappa shape index (κ3) is 5.12. The van der Waals surface area contributed by atoms with Gasteiger partial charge in [0, 0.05) is 28.7 Å². The second kappa shape index (κ2) is 9.22. The normalized spacial score (nSPS) is 10.9. The van der Waals surface area contributed by atoms with E-state index in [1.165, 1.54) is 11.3 Å². The molecule has 0 unspecified atom stereocenters. The number of hydrogen-bond acceptors (Lipinski definition) is 4. The standard InChI is InChI=1S/C19H19Cl2N3OS.ClH/c1-12-5-4-6-16-17(12)22-19(26-16)24(8-7-23(2)3)18(25)13-9-14(20)11-15(21)10-13;/h4-6,9-11H,7-8H2,1-3H3;1H. The first-order chi connectivity index (χ1) is 12.3. The number of carbonyl (C=O) groups excluding carboxylic acids is 1. The molecule has 2 aromatic carbocycles. The predicted molar refractivity (Wildman–Crippen MR) is 118 cm³/mol. The fourth-order valence-electron chi connectivity index (χ4n) is 2.61. The van der Waals surface area contributed by atoms with E-state index in [-0.39, 0.29) is 18.3 Å². The Morgan fingerprint density at radius 2 is 1.78 bits per heavy atom. The van der Waals surface area contributed by atoms with Gasteiger partial charge in [0.05, 0.1) is 10.2 Å². The van der Waals surface area contributed by atoms with E-state index in [0.29, 0.717) is 27.3 Å². The van der Waals surface area contributed by atoms with Crippen molar-refractivity contribution in [3.8, 4) is 0 Å². The van der Waals surface area contributed by atoms with Crippen molar-refractivity contribution in [2.24, 2.45) is 0 Å². The number of nitrogens with zero attached hydrogens (tertiary/aromatic N) is 3. The molecule has 0 spiro atoms. The van der Waals surface area contributed by atoms with Gasteiger partial charge < -0.3 is 4.90 Å². The van der Waals surface area contributed by atoms with Crippen LogP contribution < -0.4 is 4.90 Å². The molecule has 0 atom stereocenters. The molecule has 0 aliphatic heterocycles. The lowest BCUT2D eigenvalue weighted by molar-refractivity contribution is 0.0985. The number of aryl methyl sites for hydroxylation is 1. The molecule has 1 heterocycles. The second-order valence-electron chi connectivity index (χ2n) is 6.34. The van der Waals surface area contributed by atoms with Gasteiger partial charge in [-0.3, -0.25) is 9.69 Å².